The van der Waals surface area contributed by atoms with E-state index in [9.17, 15) is 4.79 Å². The summed E-state index contributed by atoms with van der Waals surface area (Å²) in [6.45, 7) is 5.50. The van der Waals surface area contributed by atoms with E-state index in [1.807, 2.05) is 20.8 Å². The predicted molar refractivity (Wildman–Crippen MR) is 65.0 cm³/mol. The molecule has 1 heterocycles. The van der Waals surface area contributed by atoms with Crippen LogP contribution >= 0.6 is 0 Å². The summed E-state index contributed by atoms with van der Waals surface area (Å²) in [4.78, 5) is 16.2. The van der Waals surface area contributed by atoms with E-state index in [-0.39, 0.29) is 5.92 Å². The highest BCUT2D eigenvalue weighted by atomic mass is 16.6. The highest BCUT2D eigenvalue weighted by Crippen LogP contribution is 2.24. The van der Waals surface area contributed by atoms with Crippen molar-refractivity contribution in [2.45, 2.75) is 45.6 Å². The Balaban J connectivity index is 2.20. The van der Waals surface area contributed by atoms with Crippen molar-refractivity contribution in [3.05, 3.63) is 17.7 Å². The van der Waals surface area contributed by atoms with Gasteiger partial charge in [0.2, 0.25) is 0 Å². The maximum absolute atomic E-state index is 12.0. The summed E-state index contributed by atoms with van der Waals surface area (Å²) in [6, 6.07) is 2.26. The fourth-order valence-corrected chi connectivity index (χ4v) is 2.07. The fraction of sp³-hybridized carbons (Fsp3) is 0.615. The first kappa shape index (κ1) is 12.6. The number of rotatable bonds is 0. The van der Waals surface area contributed by atoms with Crippen molar-refractivity contribution >= 4 is 6.09 Å². The summed E-state index contributed by atoms with van der Waals surface area (Å²) in [5.41, 5.74) is 1.22. The number of fused-ring (bicyclic) bond motifs is 1. The molecule has 0 radical (unpaired) electrons. The highest BCUT2D eigenvalue weighted by Gasteiger charge is 2.26. The van der Waals surface area contributed by atoms with Crippen LogP contribution in [-0.2, 0) is 17.6 Å². The van der Waals surface area contributed by atoms with Crippen LogP contribution in [0.25, 0.3) is 0 Å². The molecule has 1 unspecified atom stereocenters. The molecule has 0 saturated heterocycles. The van der Waals surface area contributed by atoms with Gasteiger partial charge in [0.05, 0.1) is 23.4 Å². The minimum atomic E-state index is -0.516. The average Bonchev–Trinajstić information content (AvgIpc) is 2.69. The first-order chi connectivity index (χ1) is 8.40. The van der Waals surface area contributed by atoms with Crippen LogP contribution in [-0.4, -0.2) is 21.2 Å². The van der Waals surface area contributed by atoms with E-state index in [1.54, 1.807) is 0 Å². The lowest BCUT2D eigenvalue weighted by Crippen LogP contribution is -2.28. The number of hydrogen-bond donors (Lipinski definition) is 0. The largest absolute Gasteiger partial charge is 0.443 e. The number of nitriles is 1. The van der Waals surface area contributed by atoms with E-state index >= 15 is 0 Å². The van der Waals surface area contributed by atoms with Crippen molar-refractivity contribution in [2.75, 3.05) is 0 Å². The molecule has 96 valence electrons. The van der Waals surface area contributed by atoms with Crippen molar-refractivity contribution in [2.24, 2.45) is 5.92 Å². The third kappa shape index (κ3) is 2.53. The molecule has 1 aromatic heterocycles. The van der Waals surface area contributed by atoms with Gasteiger partial charge < -0.3 is 4.74 Å². The quantitative estimate of drug-likeness (QED) is 0.705. The molecule has 2 rings (SSSR count). The molecule has 0 spiro atoms. The van der Waals surface area contributed by atoms with Crippen LogP contribution in [0, 0.1) is 17.2 Å². The van der Waals surface area contributed by atoms with Crippen LogP contribution in [0.2, 0.25) is 0 Å². The standard InChI is InChI=1S/C13H17N3O2/c1-13(2,3)18-12(17)16-8-15-10-6-9(7-14)4-5-11(10)16/h8-9H,4-6H2,1-3H3. The van der Waals surface area contributed by atoms with Gasteiger partial charge in [-0.2, -0.15) is 5.26 Å². The summed E-state index contributed by atoms with van der Waals surface area (Å²) in [7, 11) is 0. The topological polar surface area (TPSA) is 67.9 Å². The van der Waals surface area contributed by atoms with Gasteiger partial charge in [0.1, 0.15) is 11.9 Å². The molecule has 1 aliphatic rings. The van der Waals surface area contributed by atoms with Gasteiger partial charge in [-0.25, -0.2) is 14.3 Å². The second-order valence-electron chi connectivity index (χ2n) is 5.56. The van der Waals surface area contributed by atoms with Gasteiger partial charge in [-0.1, -0.05) is 0 Å². The second kappa shape index (κ2) is 4.45. The molecule has 0 amide bonds. The lowest BCUT2D eigenvalue weighted by atomic mass is 9.91. The van der Waals surface area contributed by atoms with E-state index in [4.69, 9.17) is 10.00 Å². The summed E-state index contributed by atoms with van der Waals surface area (Å²) >= 11 is 0. The third-order valence-corrected chi connectivity index (χ3v) is 2.90. The predicted octanol–water partition coefficient (Wildman–Crippen LogP) is 2.29. The number of ether oxygens (including phenoxy) is 1. The highest BCUT2D eigenvalue weighted by molar-refractivity contribution is 5.72. The molecular formula is C13H17N3O2. The molecule has 0 aliphatic heterocycles. The van der Waals surface area contributed by atoms with E-state index in [0.29, 0.717) is 12.8 Å². The zero-order chi connectivity index (χ0) is 13.3. The van der Waals surface area contributed by atoms with Gasteiger partial charge >= 0.3 is 6.09 Å². The van der Waals surface area contributed by atoms with E-state index in [1.165, 1.54) is 10.9 Å². The Morgan fingerprint density at radius 2 is 2.33 bits per heavy atom. The lowest BCUT2D eigenvalue weighted by molar-refractivity contribution is 0.0531. The van der Waals surface area contributed by atoms with Gasteiger partial charge in [0.25, 0.3) is 0 Å². The first-order valence-corrected chi connectivity index (χ1v) is 6.09. The van der Waals surface area contributed by atoms with E-state index < -0.39 is 11.7 Å². The van der Waals surface area contributed by atoms with Crippen LogP contribution < -0.4 is 0 Å². The fourth-order valence-electron chi connectivity index (χ4n) is 2.07. The molecular weight excluding hydrogens is 230 g/mol. The van der Waals surface area contributed by atoms with Crippen LogP contribution in [0.4, 0.5) is 4.79 Å². The third-order valence-electron chi connectivity index (χ3n) is 2.90. The van der Waals surface area contributed by atoms with Gasteiger partial charge in [-0.05, 0) is 33.6 Å². The van der Waals surface area contributed by atoms with Crippen molar-refractivity contribution in [3.63, 3.8) is 0 Å². The Labute approximate surface area is 106 Å². The minimum Gasteiger partial charge on any atom is -0.443 e. The molecule has 18 heavy (non-hydrogen) atoms. The molecule has 0 bridgehead atoms. The van der Waals surface area contributed by atoms with Gasteiger partial charge in [0.15, 0.2) is 0 Å². The molecule has 0 fully saturated rings. The molecule has 0 N–H and O–H groups in total. The van der Waals surface area contributed by atoms with Gasteiger partial charge in [0, 0.05) is 6.42 Å². The Morgan fingerprint density at radius 1 is 1.61 bits per heavy atom. The van der Waals surface area contributed by atoms with Gasteiger partial charge in [-0.3, -0.25) is 0 Å². The number of aromatic nitrogens is 2. The summed E-state index contributed by atoms with van der Waals surface area (Å²) in [6.07, 6.45) is 3.21. The zero-order valence-electron chi connectivity index (χ0n) is 10.9. The van der Waals surface area contributed by atoms with E-state index in [2.05, 4.69) is 11.1 Å². The molecule has 1 aliphatic carbocycles. The van der Waals surface area contributed by atoms with Crippen molar-refractivity contribution < 1.29 is 9.53 Å². The first-order valence-electron chi connectivity index (χ1n) is 6.09. The Morgan fingerprint density at radius 3 is 2.94 bits per heavy atom. The van der Waals surface area contributed by atoms with Crippen LogP contribution in [0.5, 0.6) is 0 Å². The van der Waals surface area contributed by atoms with Gasteiger partial charge in [-0.15, -0.1) is 0 Å². The smallest absolute Gasteiger partial charge is 0.420 e. The lowest BCUT2D eigenvalue weighted by Gasteiger charge is -2.21. The Hall–Kier alpha value is -1.83. The van der Waals surface area contributed by atoms with Crippen LogP contribution in [0.3, 0.4) is 0 Å². The minimum absolute atomic E-state index is 0.0134. The molecule has 5 nitrogen and oxygen atoms in total. The average molecular weight is 247 g/mol. The zero-order valence-corrected chi connectivity index (χ0v) is 10.9. The summed E-state index contributed by atoms with van der Waals surface area (Å²) in [5, 5.41) is 8.91. The Kier molecular flexibility index (Phi) is 3.12. The van der Waals surface area contributed by atoms with Crippen molar-refractivity contribution in [3.8, 4) is 6.07 Å². The van der Waals surface area contributed by atoms with Crippen LogP contribution in [0.15, 0.2) is 6.33 Å². The molecule has 0 aromatic carbocycles. The number of carbonyl (C=O) groups excluding carboxylic acids is 1. The maximum Gasteiger partial charge on any atom is 0.420 e. The maximum atomic E-state index is 12.0. The monoisotopic (exact) mass is 247 g/mol. The van der Waals surface area contributed by atoms with Crippen molar-refractivity contribution in [1.29, 1.82) is 5.26 Å². The number of imidazole rings is 1. The second-order valence-corrected chi connectivity index (χ2v) is 5.56. The molecule has 5 heteroatoms. The number of nitrogens with zero attached hydrogens (tertiary/aromatic N) is 3. The molecule has 0 saturated carbocycles. The summed E-state index contributed by atoms with van der Waals surface area (Å²) < 4.78 is 6.79. The normalized spacial score (nSPS) is 18.9. The SMILES string of the molecule is CC(C)(C)OC(=O)n1cnc2c1CCC(C#N)C2. The van der Waals surface area contributed by atoms with E-state index in [0.717, 1.165) is 17.8 Å². The van der Waals surface area contributed by atoms with Crippen molar-refractivity contribution in [1.82, 2.24) is 9.55 Å². The molecule has 1 aromatic rings. The number of hydrogen-bond acceptors (Lipinski definition) is 4. The summed E-state index contributed by atoms with van der Waals surface area (Å²) in [5.74, 6) is 0.0134. The van der Waals surface area contributed by atoms with Crippen LogP contribution in [0.1, 0.15) is 38.6 Å². The number of carbonyl (C=O) groups is 1. The molecule has 1 atom stereocenters. The Bertz CT molecular complexity index is 505.